The summed E-state index contributed by atoms with van der Waals surface area (Å²) in [4.78, 5) is 23.1. The van der Waals surface area contributed by atoms with Crippen molar-refractivity contribution in [2.45, 2.75) is 6.42 Å². The third-order valence-corrected chi connectivity index (χ3v) is 2.64. The minimum Gasteiger partial charge on any atom is -0.469 e. The fraction of sp³-hybridized carbons (Fsp3) is 0.286. The van der Waals surface area contributed by atoms with Crippen molar-refractivity contribution in [2.24, 2.45) is 5.92 Å². The molecule has 0 radical (unpaired) electrons. The van der Waals surface area contributed by atoms with E-state index in [2.05, 4.69) is 11.3 Å². The Kier molecular flexibility index (Phi) is 5.11. The smallest absolute Gasteiger partial charge is 0.334 e. The van der Waals surface area contributed by atoms with Gasteiger partial charge in [-0.15, -0.1) is 0 Å². The summed E-state index contributed by atoms with van der Waals surface area (Å²) in [6.07, 6.45) is 0.363. The molecule has 4 heteroatoms. The molecule has 0 heterocycles. The van der Waals surface area contributed by atoms with Gasteiger partial charge >= 0.3 is 11.9 Å². The summed E-state index contributed by atoms with van der Waals surface area (Å²) in [5, 5.41) is 0. The molecule has 1 atom stereocenters. The van der Waals surface area contributed by atoms with Crippen LogP contribution < -0.4 is 0 Å². The van der Waals surface area contributed by atoms with Crippen LogP contribution in [0.1, 0.15) is 5.56 Å². The van der Waals surface area contributed by atoms with E-state index < -0.39 is 17.9 Å². The molecule has 1 aromatic carbocycles. The summed E-state index contributed by atoms with van der Waals surface area (Å²) >= 11 is 0. The molecule has 96 valence electrons. The van der Waals surface area contributed by atoms with Gasteiger partial charge in [0, 0.05) is 5.57 Å². The van der Waals surface area contributed by atoms with Crippen molar-refractivity contribution >= 4 is 11.9 Å². The van der Waals surface area contributed by atoms with Gasteiger partial charge in [0.1, 0.15) is 0 Å². The highest BCUT2D eigenvalue weighted by Gasteiger charge is 2.27. The van der Waals surface area contributed by atoms with Gasteiger partial charge in [-0.25, -0.2) is 4.79 Å². The van der Waals surface area contributed by atoms with E-state index in [9.17, 15) is 9.59 Å². The first-order valence-corrected chi connectivity index (χ1v) is 5.49. The van der Waals surface area contributed by atoms with Crippen LogP contribution in [0.2, 0.25) is 0 Å². The molecule has 18 heavy (non-hydrogen) atoms. The second kappa shape index (κ2) is 6.59. The lowest BCUT2D eigenvalue weighted by Gasteiger charge is -2.15. The lowest BCUT2D eigenvalue weighted by atomic mass is 9.93. The highest BCUT2D eigenvalue weighted by atomic mass is 16.5. The SMILES string of the molecule is C=C(C(=O)OC)C(Cc1ccccc1)C(=O)OC. The number of hydrogen-bond donors (Lipinski definition) is 0. The topological polar surface area (TPSA) is 52.6 Å². The number of benzene rings is 1. The molecular weight excluding hydrogens is 232 g/mol. The summed E-state index contributed by atoms with van der Waals surface area (Å²) in [6.45, 7) is 3.62. The van der Waals surface area contributed by atoms with Gasteiger partial charge in [0.05, 0.1) is 20.1 Å². The Morgan fingerprint density at radius 1 is 1.17 bits per heavy atom. The third-order valence-electron chi connectivity index (χ3n) is 2.64. The molecular formula is C14H16O4. The normalized spacial score (nSPS) is 11.4. The largest absolute Gasteiger partial charge is 0.469 e. The van der Waals surface area contributed by atoms with Crippen LogP contribution in [0.25, 0.3) is 0 Å². The second-order valence-electron chi connectivity index (χ2n) is 3.78. The van der Waals surface area contributed by atoms with Crippen LogP contribution in [0, 0.1) is 5.92 Å². The Morgan fingerprint density at radius 3 is 2.28 bits per heavy atom. The first kappa shape index (κ1) is 14.0. The van der Waals surface area contributed by atoms with Gasteiger partial charge in [0.25, 0.3) is 0 Å². The van der Waals surface area contributed by atoms with Gasteiger partial charge < -0.3 is 9.47 Å². The van der Waals surface area contributed by atoms with Crippen LogP contribution in [0.4, 0.5) is 0 Å². The summed E-state index contributed by atoms with van der Waals surface area (Å²) in [7, 11) is 2.54. The monoisotopic (exact) mass is 248 g/mol. The number of esters is 2. The molecule has 0 saturated carbocycles. The first-order chi connectivity index (χ1) is 8.60. The van der Waals surface area contributed by atoms with Crippen molar-refractivity contribution < 1.29 is 19.1 Å². The van der Waals surface area contributed by atoms with E-state index in [1.165, 1.54) is 14.2 Å². The second-order valence-corrected chi connectivity index (χ2v) is 3.78. The van der Waals surface area contributed by atoms with Crippen molar-refractivity contribution in [1.29, 1.82) is 0 Å². The standard InChI is InChI=1S/C14H16O4/c1-10(13(15)17-2)12(14(16)18-3)9-11-7-5-4-6-8-11/h4-8,12H,1,9H2,2-3H3. The number of carbonyl (C=O) groups is 2. The molecule has 0 N–H and O–H groups in total. The van der Waals surface area contributed by atoms with Gasteiger partial charge in [0.2, 0.25) is 0 Å². The van der Waals surface area contributed by atoms with Crippen LogP contribution in [0.15, 0.2) is 42.5 Å². The molecule has 1 unspecified atom stereocenters. The van der Waals surface area contributed by atoms with Crippen LogP contribution in [-0.2, 0) is 25.5 Å². The molecule has 0 aliphatic carbocycles. The Morgan fingerprint density at radius 2 is 1.78 bits per heavy atom. The zero-order valence-corrected chi connectivity index (χ0v) is 10.5. The fourth-order valence-electron chi connectivity index (χ4n) is 1.61. The maximum Gasteiger partial charge on any atom is 0.334 e. The molecule has 0 fully saturated rings. The Hall–Kier alpha value is -2.10. The lowest BCUT2D eigenvalue weighted by Crippen LogP contribution is -2.25. The van der Waals surface area contributed by atoms with E-state index in [0.717, 1.165) is 5.56 Å². The van der Waals surface area contributed by atoms with Crippen molar-refractivity contribution in [3.8, 4) is 0 Å². The number of rotatable bonds is 5. The van der Waals surface area contributed by atoms with Gasteiger partial charge in [-0.3, -0.25) is 4.79 Å². The molecule has 0 bridgehead atoms. The molecule has 1 aromatic rings. The van der Waals surface area contributed by atoms with Gasteiger partial charge in [0.15, 0.2) is 0 Å². The van der Waals surface area contributed by atoms with Crippen molar-refractivity contribution in [3.63, 3.8) is 0 Å². The molecule has 0 aromatic heterocycles. The predicted molar refractivity (Wildman–Crippen MR) is 66.8 cm³/mol. The Labute approximate surface area is 106 Å². The van der Waals surface area contributed by atoms with E-state index in [1.54, 1.807) is 0 Å². The molecule has 1 rings (SSSR count). The number of ether oxygens (including phenoxy) is 2. The van der Waals surface area contributed by atoms with E-state index in [0.29, 0.717) is 6.42 Å². The van der Waals surface area contributed by atoms with Crippen molar-refractivity contribution in [1.82, 2.24) is 0 Å². The van der Waals surface area contributed by atoms with Gasteiger partial charge in [-0.2, -0.15) is 0 Å². The maximum absolute atomic E-state index is 11.7. The van der Waals surface area contributed by atoms with Crippen molar-refractivity contribution in [3.05, 3.63) is 48.0 Å². The summed E-state index contributed by atoms with van der Waals surface area (Å²) in [6, 6.07) is 9.36. The van der Waals surface area contributed by atoms with E-state index in [4.69, 9.17) is 4.74 Å². The van der Waals surface area contributed by atoms with Gasteiger partial charge in [-0.05, 0) is 12.0 Å². The third kappa shape index (κ3) is 3.45. The average molecular weight is 248 g/mol. The minimum atomic E-state index is -0.718. The van der Waals surface area contributed by atoms with Crippen LogP contribution >= 0.6 is 0 Å². The average Bonchev–Trinajstić information content (AvgIpc) is 2.43. The highest BCUT2D eigenvalue weighted by Crippen LogP contribution is 2.18. The summed E-state index contributed by atoms with van der Waals surface area (Å²) in [5.41, 5.74) is 1.03. The lowest BCUT2D eigenvalue weighted by molar-refractivity contribution is -0.147. The molecule has 0 aliphatic heterocycles. The molecule has 0 spiro atoms. The summed E-state index contributed by atoms with van der Waals surface area (Å²) in [5.74, 6) is -1.81. The van der Waals surface area contributed by atoms with E-state index in [-0.39, 0.29) is 5.57 Å². The van der Waals surface area contributed by atoms with Crippen LogP contribution in [0.3, 0.4) is 0 Å². The number of hydrogen-bond acceptors (Lipinski definition) is 4. The quantitative estimate of drug-likeness (QED) is 0.588. The number of carbonyl (C=O) groups excluding carboxylic acids is 2. The predicted octanol–water partition coefficient (Wildman–Crippen LogP) is 1.75. The minimum absolute atomic E-state index is 0.105. The maximum atomic E-state index is 11.7. The van der Waals surface area contributed by atoms with E-state index in [1.807, 2.05) is 30.3 Å². The van der Waals surface area contributed by atoms with Gasteiger partial charge in [-0.1, -0.05) is 36.9 Å². The van der Waals surface area contributed by atoms with Crippen molar-refractivity contribution in [2.75, 3.05) is 14.2 Å². The number of methoxy groups -OCH3 is 2. The van der Waals surface area contributed by atoms with Crippen LogP contribution in [0.5, 0.6) is 0 Å². The fourth-order valence-corrected chi connectivity index (χ4v) is 1.61. The molecule has 0 amide bonds. The molecule has 0 aliphatic rings. The summed E-state index contributed by atoms with van der Waals surface area (Å²) < 4.78 is 9.27. The zero-order valence-electron chi connectivity index (χ0n) is 10.5. The molecule has 4 nitrogen and oxygen atoms in total. The highest BCUT2D eigenvalue weighted by molar-refractivity contribution is 5.95. The Balaban J connectivity index is 2.89. The molecule has 0 saturated heterocycles. The Bertz CT molecular complexity index is 436. The first-order valence-electron chi connectivity index (χ1n) is 5.49. The van der Waals surface area contributed by atoms with E-state index >= 15 is 0 Å². The zero-order chi connectivity index (χ0) is 13.5. The van der Waals surface area contributed by atoms with Crippen LogP contribution in [-0.4, -0.2) is 26.2 Å².